The molecule has 6 nitrogen and oxygen atoms in total. The van der Waals surface area contributed by atoms with E-state index in [0.717, 1.165) is 13.0 Å². The van der Waals surface area contributed by atoms with Gasteiger partial charge in [-0.25, -0.2) is 4.98 Å². The van der Waals surface area contributed by atoms with Crippen molar-refractivity contribution in [3.63, 3.8) is 0 Å². The first-order chi connectivity index (χ1) is 8.08. The Morgan fingerprint density at radius 3 is 2.88 bits per heavy atom. The Labute approximate surface area is 106 Å². The van der Waals surface area contributed by atoms with Crippen molar-refractivity contribution in [3.05, 3.63) is 26.9 Å². The Kier molecular flexibility index (Phi) is 3.37. The van der Waals surface area contributed by atoms with Crippen molar-refractivity contribution in [2.45, 2.75) is 12.8 Å². The van der Waals surface area contributed by atoms with Crippen molar-refractivity contribution in [2.75, 3.05) is 18.0 Å². The van der Waals surface area contributed by atoms with Crippen molar-refractivity contribution < 1.29 is 9.72 Å². The van der Waals surface area contributed by atoms with Crippen LogP contribution in [0.2, 0.25) is 0 Å². The summed E-state index contributed by atoms with van der Waals surface area (Å²) in [6.07, 6.45) is 2.60. The molecule has 0 radical (unpaired) electrons. The normalized spacial score (nSPS) is 16.1. The van der Waals surface area contributed by atoms with Gasteiger partial charge in [-0.3, -0.25) is 14.9 Å². The molecule has 1 aliphatic rings. The molecule has 0 aliphatic carbocycles. The lowest BCUT2D eigenvalue weighted by Crippen LogP contribution is -2.36. The molecule has 0 atom stereocenters. The lowest BCUT2D eigenvalue weighted by Gasteiger charge is -2.27. The Morgan fingerprint density at radius 2 is 2.29 bits per heavy atom. The van der Waals surface area contributed by atoms with E-state index in [1.807, 2.05) is 4.90 Å². The van der Waals surface area contributed by atoms with Gasteiger partial charge in [-0.05, 0) is 22.4 Å². The van der Waals surface area contributed by atoms with Crippen LogP contribution in [-0.4, -0.2) is 28.8 Å². The number of carbonyl (C=O) groups excluding carboxylic acids is 1. The number of pyridine rings is 1. The zero-order chi connectivity index (χ0) is 12.4. The number of halogens is 1. The summed E-state index contributed by atoms with van der Waals surface area (Å²) in [6.45, 7) is 1.07. The second-order valence-corrected chi connectivity index (χ2v) is 4.67. The molecule has 0 N–H and O–H groups in total. The minimum Gasteiger partial charge on any atom is -0.348 e. The molecule has 1 aromatic heterocycles. The molecule has 0 spiro atoms. The third kappa shape index (κ3) is 2.60. The van der Waals surface area contributed by atoms with Crippen molar-refractivity contribution in [2.24, 2.45) is 0 Å². The van der Waals surface area contributed by atoms with Gasteiger partial charge in [-0.2, -0.15) is 0 Å². The zero-order valence-corrected chi connectivity index (χ0v) is 10.5. The molecule has 0 amide bonds. The fourth-order valence-corrected chi connectivity index (χ4v) is 2.36. The standard InChI is InChI=1S/C10H10BrN3O3/c11-9-4-7(14(16)17)5-12-10(9)13-3-1-2-8(15)6-13/h4-5H,1-3,6H2. The van der Waals surface area contributed by atoms with E-state index in [2.05, 4.69) is 20.9 Å². The topological polar surface area (TPSA) is 76.3 Å². The largest absolute Gasteiger partial charge is 0.348 e. The smallest absolute Gasteiger partial charge is 0.288 e. The van der Waals surface area contributed by atoms with Crippen LogP contribution in [-0.2, 0) is 4.79 Å². The third-order valence-corrected chi connectivity index (χ3v) is 3.15. The van der Waals surface area contributed by atoms with Crippen molar-refractivity contribution in [1.29, 1.82) is 0 Å². The number of aromatic nitrogens is 1. The fourth-order valence-electron chi connectivity index (χ4n) is 1.77. The Hall–Kier alpha value is -1.50. The van der Waals surface area contributed by atoms with Gasteiger partial charge in [0, 0.05) is 19.0 Å². The number of rotatable bonds is 2. The van der Waals surface area contributed by atoms with Gasteiger partial charge in [0.1, 0.15) is 12.0 Å². The van der Waals surface area contributed by atoms with Gasteiger partial charge in [-0.1, -0.05) is 0 Å². The fraction of sp³-hybridized carbons (Fsp3) is 0.400. The Morgan fingerprint density at radius 1 is 1.53 bits per heavy atom. The van der Waals surface area contributed by atoms with Crippen LogP contribution in [0.4, 0.5) is 11.5 Å². The number of anilines is 1. The van der Waals surface area contributed by atoms with E-state index in [1.54, 1.807) is 0 Å². The van der Waals surface area contributed by atoms with Gasteiger partial charge in [0.25, 0.3) is 5.69 Å². The minimum atomic E-state index is -0.497. The van der Waals surface area contributed by atoms with E-state index in [-0.39, 0.29) is 11.5 Å². The Bertz CT molecular complexity index is 478. The molecule has 1 saturated heterocycles. The van der Waals surface area contributed by atoms with Crippen LogP contribution in [0.25, 0.3) is 0 Å². The van der Waals surface area contributed by atoms with Crippen LogP contribution >= 0.6 is 15.9 Å². The van der Waals surface area contributed by atoms with Crippen molar-refractivity contribution in [1.82, 2.24) is 4.98 Å². The molecule has 17 heavy (non-hydrogen) atoms. The number of piperidine rings is 1. The molecule has 0 saturated carbocycles. The first-order valence-electron chi connectivity index (χ1n) is 5.14. The van der Waals surface area contributed by atoms with Crippen molar-refractivity contribution in [3.8, 4) is 0 Å². The maximum absolute atomic E-state index is 11.3. The molecule has 7 heteroatoms. The summed E-state index contributed by atoms with van der Waals surface area (Å²) in [4.78, 5) is 27.3. The van der Waals surface area contributed by atoms with E-state index in [1.165, 1.54) is 12.3 Å². The van der Waals surface area contributed by atoms with E-state index in [4.69, 9.17) is 0 Å². The van der Waals surface area contributed by atoms with E-state index >= 15 is 0 Å². The predicted molar refractivity (Wildman–Crippen MR) is 65.0 cm³/mol. The maximum atomic E-state index is 11.3. The molecular weight excluding hydrogens is 290 g/mol. The summed E-state index contributed by atoms with van der Waals surface area (Å²) < 4.78 is 0.543. The first-order valence-corrected chi connectivity index (χ1v) is 5.94. The lowest BCUT2D eigenvalue weighted by atomic mass is 10.1. The summed E-state index contributed by atoms with van der Waals surface area (Å²) in [5.74, 6) is 0.756. The SMILES string of the molecule is O=C1CCCN(c2ncc([N+](=O)[O-])cc2Br)C1. The summed E-state index contributed by atoms with van der Waals surface area (Å²) >= 11 is 3.25. The monoisotopic (exact) mass is 299 g/mol. The number of hydrogen-bond donors (Lipinski definition) is 0. The number of Topliss-reactive ketones (excluding diaryl/α,β-unsaturated/α-hetero) is 1. The first kappa shape index (κ1) is 12.0. The molecular formula is C10H10BrN3O3. The highest BCUT2D eigenvalue weighted by molar-refractivity contribution is 9.10. The van der Waals surface area contributed by atoms with Crippen LogP contribution in [0.1, 0.15) is 12.8 Å². The molecule has 0 unspecified atom stereocenters. The molecule has 2 rings (SSSR count). The number of hydrogen-bond acceptors (Lipinski definition) is 5. The number of ketones is 1. The second-order valence-electron chi connectivity index (χ2n) is 3.82. The van der Waals surface area contributed by atoms with Gasteiger partial charge in [0.2, 0.25) is 0 Å². The summed E-state index contributed by atoms with van der Waals surface area (Å²) in [6, 6.07) is 1.40. The second kappa shape index (κ2) is 4.79. The van der Waals surface area contributed by atoms with Gasteiger partial charge in [0.05, 0.1) is 15.9 Å². The average Bonchev–Trinajstić information content (AvgIpc) is 2.28. The zero-order valence-electron chi connectivity index (χ0n) is 8.93. The van der Waals surface area contributed by atoms with Crippen LogP contribution in [0.3, 0.4) is 0 Å². The number of nitrogens with zero attached hydrogens (tertiary/aromatic N) is 3. The molecule has 90 valence electrons. The van der Waals surface area contributed by atoms with Gasteiger partial charge >= 0.3 is 0 Å². The van der Waals surface area contributed by atoms with Crippen LogP contribution in [0, 0.1) is 10.1 Å². The number of nitro groups is 1. The van der Waals surface area contributed by atoms with Gasteiger partial charge < -0.3 is 4.90 Å². The third-order valence-electron chi connectivity index (χ3n) is 2.57. The molecule has 0 bridgehead atoms. The highest BCUT2D eigenvalue weighted by Gasteiger charge is 2.21. The minimum absolute atomic E-state index is 0.0658. The summed E-state index contributed by atoms with van der Waals surface area (Å²) in [5, 5.41) is 10.6. The molecule has 1 fully saturated rings. The quantitative estimate of drug-likeness (QED) is 0.616. The van der Waals surface area contributed by atoms with Crippen LogP contribution in [0.15, 0.2) is 16.7 Å². The maximum Gasteiger partial charge on any atom is 0.288 e. The lowest BCUT2D eigenvalue weighted by molar-refractivity contribution is -0.385. The summed E-state index contributed by atoms with van der Waals surface area (Å²) in [5.41, 5.74) is -0.0658. The van der Waals surface area contributed by atoms with Gasteiger partial charge in [-0.15, -0.1) is 0 Å². The van der Waals surface area contributed by atoms with Crippen LogP contribution in [0.5, 0.6) is 0 Å². The number of carbonyl (C=O) groups is 1. The van der Waals surface area contributed by atoms with E-state index < -0.39 is 4.92 Å². The van der Waals surface area contributed by atoms with Crippen LogP contribution < -0.4 is 4.90 Å². The molecule has 2 heterocycles. The van der Waals surface area contributed by atoms with Gasteiger partial charge in [0.15, 0.2) is 5.78 Å². The molecule has 1 aliphatic heterocycles. The van der Waals surface area contributed by atoms with E-state index in [9.17, 15) is 14.9 Å². The average molecular weight is 300 g/mol. The summed E-state index contributed by atoms with van der Waals surface area (Å²) in [7, 11) is 0. The highest BCUT2D eigenvalue weighted by Crippen LogP contribution is 2.28. The van der Waals surface area contributed by atoms with E-state index in [0.29, 0.717) is 23.3 Å². The highest BCUT2D eigenvalue weighted by atomic mass is 79.9. The predicted octanol–water partition coefficient (Wildman–Crippen LogP) is 1.92. The van der Waals surface area contributed by atoms with Crippen molar-refractivity contribution >= 4 is 33.2 Å². The Balaban J connectivity index is 2.26. The molecule has 1 aromatic rings. The molecule has 0 aromatic carbocycles.